The Kier molecular flexibility index (Phi) is 6.14. The summed E-state index contributed by atoms with van der Waals surface area (Å²) < 4.78 is 43.2. The molecule has 2 heterocycles. The molecule has 0 fully saturated rings. The van der Waals surface area contributed by atoms with Gasteiger partial charge in [0.2, 0.25) is 0 Å². The molecule has 0 saturated carbocycles. The fourth-order valence-corrected chi connectivity index (χ4v) is 4.65. The molecule has 1 aromatic heterocycles. The van der Waals surface area contributed by atoms with E-state index in [1.807, 2.05) is 6.92 Å². The van der Waals surface area contributed by atoms with Crippen molar-refractivity contribution >= 4 is 23.3 Å². The summed E-state index contributed by atoms with van der Waals surface area (Å²) in [7, 11) is 0. The maximum absolute atomic E-state index is 15.2. The summed E-state index contributed by atoms with van der Waals surface area (Å²) in [5, 5.41) is 2.69. The SMILES string of the molecule is Cc1cnc(-c2ccc(-c3ccc(CC(=O)Cc4c(F)cc(Cl)cc4F)cc3F)c3c2C(=O)NC3)[nH]1. The number of hydrogen-bond acceptors (Lipinski definition) is 3. The van der Waals surface area contributed by atoms with Crippen molar-refractivity contribution in [3.8, 4) is 22.5 Å². The van der Waals surface area contributed by atoms with Crippen LogP contribution in [0.15, 0.2) is 48.7 Å². The number of ketones is 1. The molecule has 1 aliphatic heterocycles. The minimum atomic E-state index is -0.903. The van der Waals surface area contributed by atoms with E-state index in [0.717, 1.165) is 17.8 Å². The third-order valence-corrected chi connectivity index (χ3v) is 6.35. The number of nitrogens with one attached hydrogen (secondary N) is 2. The summed E-state index contributed by atoms with van der Waals surface area (Å²) in [5.41, 5.74) is 3.38. The van der Waals surface area contributed by atoms with E-state index in [4.69, 9.17) is 11.6 Å². The standard InChI is InChI=1S/C27H19ClF3N3O2/c1-13-11-32-26(34-13)19-5-4-17(21-12-33-27(36)25(19)21)18-3-2-14(7-22(18)29)6-16(35)10-20-23(30)8-15(28)9-24(20)31/h2-5,7-9,11H,6,10,12H2,1H3,(H,32,34)(H,33,36). The number of H-pyrrole nitrogens is 1. The number of carbonyl (C=O) groups is 2. The number of halogens is 4. The molecule has 0 atom stereocenters. The average molecular weight is 510 g/mol. The number of amides is 1. The fraction of sp³-hybridized carbons (Fsp3) is 0.148. The van der Waals surface area contributed by atoms with E-state index in [-0.39, 0.29) is 35.0 Å². The van der Waals surface area contributed by atoms with Gasteiger partial charge >= 0.3 is 0 Å². The second-order valence-corrected chi connectivity index (χ2v) is 9.10. The largest absolute Gasteiger partial charge is 0.348 e. The first-order chi connectivity index (χ1) is 17.2. The molecule has 36 heavy (non-hydrogen) atoms. The lowest BCUT2D eigenvalue weighted by atomic mass is 9.91. The number of fused-ring (bicyclic) bond motifs is 1. The van der Waals surface area contributed by atoms with Gasteiger partial charge in [0.15, 0.2) is 0 Å². The Morgan fingerprint density at radius 1 is 0.972 bits per heavy atom. The lowest BCUT2D eigenvalue weighted by Crippen LogP contribution is -2.13. The third-order valence-electron chi connectivity index (χ3n) is 6.13. The number of rotatable bonds is 6. The Hall–Kier alpha value is -3.91. The van der Waals surface area contributed by atoms with Crippen molar-refractivity contribution in [2.45, 2.75) is 26.3 Å². The Balaban J connectivity index is 1.42. The highest BCUT2D eigenvalue weighted by Gasteiger charge is 2.28. The lowest BCUT2D eigenvalue weighted by molar-refractivity contribution is -0.117. The molecule has 5 rings (SSSR count). The van der Waals surface area contributed by atoms with Crippen LogP contribution in [0.3, 0.4) is 0 Å². The Morgan fingerprint density at radius 3 is 2.33 bits per heavy atom. The first-order valence-corrected chi connectivity index (χ1v) is 11.5. The summed E-state index contributed by atoms with van der Waals surface area (Å²) in [5.74, 6) is -2.57. The van der Waals surface area contributed by atoms with Crippen LogP contribution in [0.4, 0.5) is 13.2 Å². The van der Waals surface area contributed by atoms with Gasteiger partial charge in [0, 0.05) is 53.0 Å². The van der Waals surface area contributed by atoms with E-state index in [0.29, 0.717) is 33.6 Å². The highest BCUT2D eigenvalue weighted by Crippen LogP contribution is 2.36. The second kappa shape index (κ2) is 9.28. The molecule has 0 aliphatic carbocycles. The minimum Gasteiger partial charge on any atom is -0.348 e. The zero-order valence-corrected chi connectivity index (χ0v) is 19.8. The molecule has 0 radical (unpaired) electrons. The van der Waals surface area contributed by atoms with E-state index in [1.54, 1.807) is 24.4 Å². The van der Waals surface area contributed by atoms with Crippen molar-refractivity contribution in [1.82, 2.24) is 15.3 Å². The molecule has 0 spiro atoms. The molecular weight excluding hydrogens is 491 g/mol. The van der Waals surface area contributed by atoms with E-state index in [9.17, 15) is 18.4 Å². The van der Waals surface area contributed by atoms with Crippen LogP contribution in [0.1, 0.15) is 32.7 Å². The van der Waals surface area contributed by atoms with Crippen LogP contribution in [-0.4, -0.2) is 21.7 Å². The topological polar surface area (TPSA) is 74.8 Å². The molecule has 3 aromatic carbocycles. The quantitative estimate of drug-likeness (QED) is 0.349. The molecule has 2 N–H and O–H groups in total. The Bertz CT molecular complexity index is 1520. The van der Waals surface area contributed by atoms with E-state index < -0.39 is 29.7 Å². The van der Waals surface area contributed by atoms with Crippen LogP contribution in [0.5, 0.6) is 0 Å². The van der Waals surface area contributed by atoms with Crippen LogP contribution in [-0.2, 0) is 24.2 Å². The summed E-state index contributed by atoms with van der Waals surface area (Å²) in [4.78, 5) is 32.5. The zero-order valence-electron chi connectivity index (χ0n) is 19.0. The van der Waals surface area contributed by atoms with Crippen LogP contribution < -0.4 is 5.32 Å². The number of carbonyl (C=O) groups excluding carboxylic acids is 2. The molecule has 182 valence electrons. The highest BCUT2D eigenvalue weighted by atomic mass is 35.5. The fourth-order valence-electron chi connectivity index (χ4n) is 4.46. The summed E-state index contributed by atoms with van der Waals surface area (Å²) in [6, 6.07) is 9.70. The van der Waals surface area contributed by atoms with Gasteiger partial charge in [-0.2, -0.15) is 0 Å². The smallest absolute Gasteiger partial charge is 0.252 e. The predicted molar refractivity (Wildman–Crippen MR) is 129 cm³/mol. The normalized spacial score (nSPS) is 12.5. The number of aromatic nitrogens is 2. The molecule has 4 aromatic rings. The first kappa shape index (κ1) is 23.8. The number of hydrogen-bond donors (Lipinski definition) is 2. The number of aromatic amines is 1. The predicted octanol–water partition coefficient (Wildman–Crippen LogP) is 5.72. The van der Waals surface area contributed by atoms with Crippen molar-refractivity contribution in [1.29, 1.82) is 0 Å². The molecule has 5 nitrogen and oxygen atoms in total. The Labute approximate surface area is 209 Å². The van der Waals surface area contributed by atoms with Gasteiger partial charge in [0.05, 0.1) is 5.56 Å². The van der Waals surface area contributed by atoms with Gasteiger partial charge in [-0.15, -0.1) is 0 Å². The number of benzene rings is 3. The molecule has 9 heteroatoms. The van der Waals surface area contributed by atoms with E-state index in [2.05, 4.69) is 15.3 Å². The number of nitrogens with zero attached hydrogens (tertiary/aromatic N) is 1. The summed E-state index contributed by atoms with van der Waals surface area (Å²) >= 11 is 5.62. The van der Waals surface area contributed by atoms with Crippen molar-refractivity contribution < 1.29 is 22.8 Å². The lowest BCUT2D eigenvalue weighted by Gasteiger charge is -2.12. The number of aryl methyl sites for hydroxylation is 1. The Morgan fingerprint density at radius 2 is 1.67 bits per heavy atom. The van der Waals surface area contributed by atoms with Crippen LogP contribution in [0.25, 0.3) is 22.5 Å². The molecule has 0 saturated heterocycles. The summed E-state index contributed by atoms with van der Waals surface area (Å²) in [6.07, 6.45) is 0.985. The average Bonchev–Trinajstić information content (AvgIpc) is 3.42. The maximum atomic E-state index is 15.2. The van der Waals surface area contributed by atoms with Crippen molar-refractivity contribution in [3.63, 3.8) is 0 Å². The van der Waals surface area contributed by atoms with E-state index in [1.165, 1.54) is 12.1 Å². The van der Waals surface area contributed by atoms with Crippen molar-refractivity contribution in [2.24, 2.45) is 0 Å². The molecular formula is C27H19ClF3N3O2. The van der Waals surface area contributed by atoms with Crippen LogP contribution in [0, 0.1) is 24.4 Å². The maximum Gasteiger partial charge on any atom is 0.252 e. The van der Waals surface area contributed by atoms with Gasteiger partial charge in [0.1, 0.15) is 29.1 Å². The minimum absolute atomic E-state index is 0.102. The molecule has 0 unspecified atom stereocenters. The van der Waals surface area contributed by atoms with Gasteiger partial charge in [0.25, 0.3) is 5.91 Å². The van der Waals surface area contributed by atoms with Gasteiger partial charge < -0.3 is 10.3 Å². The van der Waals surface area contributed by atoms with Gasteiger partial charge in [-0.25, -0.2) is 18.2 Å². The van der Waals surface area contributed by atoms with Gasteiger partial charge in [-0.3, -0.25) is 9.59 Å². The van der Waals surface area contributed by atoms with Crippen molar-refractivity contribution in [3.05, 3.63) is 99.1 Å². The second-order valence-electron chi connectivity index (χ2n) is 8.67. The number of Topliss-reactive ketones (excluding diaryl/α,β-unsaturated/α-hetero) is 1. The zero-order chi connectivity index (χ0) is 25.6. The molecule has 1 amide bonds. The third kappa shape index (κ3) is 4.40. The first-order valence-electron chi connectivity index (χ1n) is 11.1. The van der Waals surface area contributed by atoms with Gasteiger partial charge in [-0.1, -0.05) is 29.8 Å². The number of imidazole rings is 1. The summed E-state index contributed by atoms with van der Waals surface area (Å²) in [6.45, 7) is 2.10. The van der Waals surface area contributed by atoms with E-state index >= 15 is 4.39 Å². The molecule has 0 bridgehead atoms. The van der Waals surface area contributed by atoms with Crippen LogP contribution in [0.2, 0.25) is 5.02 Å². The van der Waals surface area contributed by atoms with Crippen LogP contribution >= 0.6 is 11.6 Å². The monoisotopic (exact) mass is 509 g/mol. The molecule has 1 aliphatic rings. The highest BCUT2D eigenvalue weighted by molar-refractivity contribution is 6.30. The van der Waals surface area contributed by atoms with Gasteiger partial charge in [-0.05, 0) is 47.9 Å². The van der Waals surface area contributed by atoms with Crippen molar-refractivity contribution in [2.75, 3.05) is 0 Å².